The molecule has 3 aliphatic rings. The maximum Gasteiger partial charge on any atom is 0.276 e. The number of fused-ring (bicyclic) bond motifs is 1. The van der Waals surface area contributed by atoms with Crippen molar-refractivity contribution in [2.45, 2.75) is 49.5 Å². The van der Waals surface area contributed by atoms with Crippen molar-refractivity contribution in [1.82, 2.24) is 0 Å². The van der Waals surface area contributed by atoms with Crippen LogP contribution in [-0.4, -0.2) is 23.8 Å². The molecule has 5 rings (SSSR count). The Morgan fingerprint density at radius 1 is 1.03 bits per heavy atom. The molecule has 5 heteroatoms. The lowest BCUT2D eigenvalue weighted by molar-refractivity contribution is -0.112. The minimum Gasteiger partial charge on any atom is -0.388 e. The first kappa shape index (κ1) is 17.9. The highest BCUT2D eigenvalue weighted by Gasteiger charge is 2.50. The van der Waals surface area contributed by atoms with Gasteiger partial charge in [0.2, 0.25) is 0 Å². The Labute approximate surface area is 170 Å². The summed E-state index contributed by atoms with van der Waals surface area (Å²) in [6, 6.07) is 20.6. The highest BCUT2D eigenvalue weighted by atomic mass is 16.7. The van der Waals surface area contributed by atoms with E-state index in [4.69, 9.17) is 4.84 Å². The number of carbonyl (C=O) groups is 1. The minimum atomic E-state index is -0.476. The summed E-state index contributed by atoms with van der Waals surface area (Å²) in [7, 11) is 0. The van der Waals surface area contributed by atoms with E-state index in [2.05, 4.69) is 17.3 Å². The van der Waals surface area contributed by atoms with Gasteiger partial charge in [0.25, 0.3) is 5.91 Å². The molecule has 0 radical (unpaired) electrons. The zero-order chi connectivity index (χ0) is 19.9. The second-order valence-corrected chi connectivity index (χ2v) is 8.38. The van der Waals surface area contributed by atoms with Crippen LogP contribution in [0.4, 0.5) is 5.69 Å². The van der Waals surface area contributed by atoms with Gasteiger partial charge in [0.05, 0.1) is 11.5 Å². The van der Waals surface area contributed by atoms with Crippen molar-refractivity contribution in [2.24, 2.45) is 5.16 Å². The van der Waals surface area contributed by atoms with Crippen molar-refractivity contribution in [2.75, 3.05) is 11.4 Å². The van der Waals surface area contributed by atoms with Crippen LogP contribution in [0.15, 0.2) is 59.8 Å². The van der Waals surface area contributed by atoms with Crippen molar-refractivity contribution in [3.63, 3.8) is 0 Å². The predicted molar refractivity (Wildman–Crippen MR) is 111 cm³/mol. The molecule has 1 saturated carbocycles. The standard InChI is InChI=1S/C24H23N3O2/c25-17-23(19-7-2-1-3-8-19)11-13-24(14-12-23)16-20(26-29-24)22(28)27-15-10-18-6-4-5-9-21(18)27/h1-9H,10-16H2. The number of benzene rings is 2. The molecule has 1 amide bonds. The summed E-state index contributed by atoms with van der Waals surface area (Å²) in [5, 5.41) is 14.1. The molecule has 2 aromatic rings. The average molecular weight is 385 g/mol. The lowest BCUT2D eigenvalue weighted by Crippen LogP contribution is -2.42. The molecule has 146 valence electrons. The van der Waals surface area contributed by atoms with Crippen LogP contribution >= 0.6 is 0 Å². The van der Waals surface area contributed by atoms with Gasteiger partial charge in [0, 0.05) is 18.7 Å². The molecule has 5 nitrogen and oxygen atoms in total. The zero-order valence-corrected chi connectivity index (χ0v) is 16.3. The lowest BCUT2D eigenvalue weighted by Gasteiger charge is -2.39. The predicted octanol–water partition coefficient (Wildman–Crippen LogP) is 4.13. The third-order valence-electron chi connectivity index (χ3n) is 6.77. The van der Waals surface area contributed by atoms with Crippen LogP contribution in [0, 0.1) is 11.3 Å². The van der Waals surface area contributed by atoms with E-state index in [0.717, 1.165) is 43.4 Å². The van der Waals surface area contributed by atoms with Crippen molar-refractivity contribution in [3.05, 3.63) is 65.7 Å². The van der Waals surface area contributed by atoms with Gasteiger partial charge in [-0.15, -0.1) is 0 Å². The number of oxime groups is 1. The molecule has 0 N–H and O–H groups in total. The molecule has 2 heterocycles. The molecule has 1 spiro atoms. The fourth-order valence-corrected chi connectivity index (χ4v) is 4.96. The van der Waals surface area contributed by atoms with Gasteiger partial charge in [-0.3, -0.25) is 4.79 Å². The summed E-state index contributed by atoms with van der Waals surface area (Å²) in [6.07, 6.45) is 4.30. The van der Waals surface area contributed by atoms with Crippen LogP contribution in [0.3, 0.4) is 0 Å². The van der Waals surface area contributed by atoms with Crippen LogP contribution in [0.2, 0.25) is 0 Å². The molecule has 2 aliphatic heterocycles. The van der Waals surface area contributed by atoms with Crippen molar-refractivity contribution < 1.29 is 9.63 Å². The van der Waals surface area contributed by atoms with Crippen LogP contribution in [0.25, 0.3) is 0 Å². The zero-order valence-electron chi connectivity index (χ0n) is 16.3. The van der Waals surface area contributed by atoms with Crippen molar-refractivity contribution in [1.29, 1.82) is 5.26 Å². The number of para-hydroxylation sites is 1. The third kappa shape index (κ3) is 2.91. The van der Waals surface area contributed by atoms with Crippen molar-refractivity contribution >= 4 is 17.3 Å². The summed E-state index contributed by atoms with van der Waals surface area (Å²) in [5.74, 6) is -0.0491. The Hall–Kier alpha value is -3.13. The SMILES string of the molecule is N#CC1(c2ccccc2)CCC2(CC1)CC(C(=O)N1CCc3ccccc31)=NO2. The molecule has 2 aromatic carbocycles. The van der Waals surface area contributed by atoms with Gasteiger partial charge in [-0.25, -0.2) is 0 Å². The van der Waals surface area contributed by atoms with Gasteiger partial charge in [-0.1, -0.05) is 53.7 Å². The average Bonchev–Trinajstić information content (AvgIpc) is 3.40. The topological polar surface area (TPSA) is 65.7 Å². The lowest BCUT2D eigenvalue weighted by atomic mass is 9.65. The number of nitrogens with zero attached hydrogens (tertiary/aromatic N) is 3. The molecule has 1 aliphatic carbocycles. The summed E-state index contributed by atoms with van der Waals surface area (Å²) < 4.78 is 0. The van der Waals surface area contributed by atoms with Gasteiger partial charge in [-0.05, 0) is 49.3 Å². The number of rotatable bonds is 2. The summed E-state index contributed by atoms with van der Waals surface area (Å²) in [4.78, 5) is 20.8. The Balaban J connectivity index is 1.29. The van der Waals surface area contributed by atoms with Crippen molar-refractivity contribution in [3.8, 4) is 6.07 Å². The van der Waals surface area contributed by atoms with E-state index >= 15 is 0 Å². The molecular weight excluding hydrogens is 362 g/mol. The molecule has 0 unspecified atom stereocenters. The third-order valence-corrected chi connectivity index (χ3v) is 6.77. The maximum absolute atomic E-state index is 13.1. The van der Waals surface area contributed by atoms with Gasteiger partial charge in [0.15, 0.2) is 0 Å². The number of carbonyl (C=O) groups excluding carboxylic acids is 1. The minimum absolute atomic E-state index is 0.0491. The molecule has 29 heavy (non-hydrogen) atoms. The Morgan fingerprint density at radius 2 is 1.76 bits per heavy atom. The summed E-state index contributed by atoms with van der Waals surface area (Å²) in [5.41, 5.74) is 2.84. The normalized spacial score (nSPS) is 27.8. The number of amides is 1. The van der Waals surface area contributed by atoms with Gasteiger partial charge >= 0.3 is 0 Å². The molecule has 0 aromatic heterocycles. The largest absolute Gasteiger partial charge is 0.388 e. The Kier molecular flexibility index (Phi) is 4.16. The summed E-state index contributed by atoms with van der Waals surface area (Å²) in [6.45, 7) is 0.690. The highest BCUT2D eigenvalue weighted by molar-refractivity contribution is 6.44. The fourth-order valence-electron chi connectivity index (χ4n) is 4.96. The van der Waals surface area contributed by atoms with Crippen LogP contribution < -0.4 is 4.90 Å². The monoisotopic (exact) mass is 385 g/mol. The van der Waals surface area contributed by atoms with Crippen LogP contribution in [0.5, 0.6) is 0 Å². The van der Waals surface area contributed by atoms with Gasteiger partial charge < -0.3 is 9.74 Å². The second-order valence-electron chi connectivity index (χ2n) is 8.38. The van der Waals surface area contributed by atoms with Gasteiger partial charge in [-0.2, -0.15) is 5.26 Å². The quantitative estimate of drug-likeness (QED) is 0.781. The van der Waals surface area contributed by atoms with E-state index in [0.29, 0.717) is 18.7 Å². The van der Waals surface area contributed by atoms with E-state index in [9.17, 15) is 10.1 Å². The molecule has 0 saturated heterocycles. The first-order chi connectivity index (χ1) is 14.1. The van der Waals surface area contributed by atoms with Crippen LogP contribution in [-0.2, 0) is 21.5 Å². The number of hydrogen-bond acceptors (Lipinski definition) is 4. The van der Waals surface area contributed by atoms with E-state index in [1.54, 1.807) is 0 Å². The summed E-state index contributed by atoms with van der Waals surface area (Å²) >= 11 is 0. The maximum atomic E-state index is 13.1. The number of hydrogen-bond donors (Lipinski definition) is 0. The molecule has 0 atom stereocenters. The smallest absolute Gasteiger partial charge is 0.276 e. The van der Waals surface area contributed by atoms with E-state index in [1.807, 2.05) is 53.4 Å². The fraction of sp³-hybridized carbons (Fsp3) is 0.375. The van der Waals surface area contributed by atoms with Crippen LogP contribution in [0.1, 0.15) is 43.2 Å². The second kappa shape index (κ2) is 6.73. The van der Waals surface area contributed by atoms with E-state index in [-0.39, 0.29) is 5.91 Å². The molecular formula is C24H23N3O2. The van der Waals surface area contributed by atoms with E-state index < -0.39 is 11.0 Å². The van der Waals surface area contributed by atoms with Gasteiger partial charge in [0.1, 0.15) is 11.3 Å². The number of nitriles is 1. The highest BCUT2D eigenvalue weighted by Crippen LogP contribution is 2.47. The van der Waals surface area contributed by atoms with E-state index in [1.165, 1.54) is 5.56 Å². The Morgan fingerprint density at radius 3 is 2.52 bits per heavy atom. The Bertz CT molecular complexity index is 1010. The molecule has 0 bridgehead atoms. The first-order valence-corrected chi connectivity index (χ1v) is 10.3. The first-order valence-electron chi connectivity index (χ1n) is 10.3. The number of anilines is 1. The molecule has 1 fully saturated rings.